The minimum absolute atomic E-state index is 0.529. The molecule has 0 aromatic carbocycles. The second-order valence-corrected chi connectivity index (χ2v) is 5.82. The van der Waals surface area contributed by atoms with Crippen molar-refractivity contribution in [2.75, 3.05) is 19.6 Å². The van der Waals surface area contributed by atoms with Gasteiger partial charge in [0.15, 0.2) is 0 Å². The molecule has 2 N–H and O–H groups in total. The fourth-order valence-electron chi connectivity index (χ4n) is 3.22. The molecule has 18 heavy (non-hydrogen) atoms. The van der Waals surface area contributed by atoms with Gasteiger partial charge in [0.05, 0.1) is 11.7 Å². The third-order valence-electron chi connectivity index (χ3n) is 4.19. The third-order valence-corrected chi connectivity index (χ3v) is 4.19. The summed E-state index contributed by atoms with van der Waals surface area (Å²) < 4.78 is 2.37. The summed E-state index contributed by atoms with van der Waals surface area (Å²) in [6.07, 6.45) is 3.58. The lowest BCUT2D eigenvalue weighted by atomic mass is 9.99. The van der Waals surface area contributed by atoms with Crippen molar-refractivity contribution >= 4 is 0 Å². The first-order chi connectivity index (χ1) is 8.77. The van der Waals surface area contributed by atoms with E-state index in [0.717, 1.165) is 32.6 Å². The van der Waals surface area contributed by atoms with Crippen LogP contribution in [0.15, 0.2) is 0 Å². The average Bonchev–Trinajstić information content (AvgIpc) is 2.79. The normalized spacial score (nSPS) is 21.3. The van der Waals surface area contributed by atoms with Gasteiger partial charge in [-0.15, -0.1) is 0 Å². The van der Waals surface area contributed by atoms with Gasteiger partial charge in [0.1, 0.15) is 0 Å². The SMILES string of the molecule is CC(C)c1nn(C2CCNCC2)c2c1CNCC2. The van der Waals surface area contributed by atoms with Gasteiger partial charge in [-0.2, -0.15) is 5.10 Å². The van der Waals surface area contributed by atoms with Crippen molar-refractivity contribution in [2.24, 2.45) is 0 Å². The van der Waals surface area contributed by atoms with Gasteiger partial charge in [-0.1, -0.05) is 13.8 Å². The van der Waals surface area contributed by atoms with Crippen molar-refractivity contribution in [1.82, 2.24) is 20.4 Å². The monoisotopic (exact) mass is 248 g/mol. The number of nitrogens with one attached hydrogen (secondary N) is 2. The van der Waals surface area contributed by atoms with Crippen LogP contribution in [0, 0.1) is 0 Å². The topological polar surface area (TPSA) is 41.9 Å². The van der Waals surface area contributed by atoms with Crippen LogP contribution in [0.5, 0.6) is 0 Å². The predicted molar refractivity (Wildman–Crippen MR) is 72.9 cm³/mol. The Morgan fingerprint density at radius 1 is 1.17 bits per heavy atom. The molecule has 3 heterocycles. The Kier molecular flexibility index (Phi) is 3.39. The van der Waals surface area contributed by atoms with Crippen molar-refractivity contribution in [2.45, 2.75) is 51.6 Å². The second-order valence-electron chi connectivity index (χ2n) is 5.82. The zero-order valence-corrected chi connectivity index (χ0v) is 11.5. The van der Waals surface area contributed by atoms with Crippen LogP contribution in [-0.4, -0.2) is 29.4 Å². The van der Waals surface area contributed by atoms with Crippen LogP contribution >= 0.6 is 0 Å². The molecule has 4 heteroatoms. The van der Waals surface area contributed by atoms with E-state index in [0.29, 0.717) is 12.0 Å². The van der Waals surface area contributed by atoms with Gasteiger partial charge in [-0.25, -0.2) is 0 Å². The van der Waals surface area contributed by atoms with Gasteiger partial charge in [0.2, 0.25) is 0 Å². The first-order valence-corrected chi connectivity index (χ1v) is 7.29. The number of rotatable bonds is 2. The van der Waals surface area contributed by atoms with Crippen molar-refractivity contribution in [1.29, 1.82) is 0 Å². The summed E-state index contributed by atoms with van der Waals surface area (Å²) in [6, 6.07) is 0.616. The largest absolute Gasteiger partial charge is 0.317 e. The Morgan fingerprint density at radius 3 is 2.67 bits per heavy atom. The Labute approximate surface area is 109 Å². The molecule has 1 aromatic heterocycles. The van der Waals surface area contributed by atoms with Crippen LogP contribution in [0.1, 0.15) is 55.6 Å². The first kappa shape index (κ1) is 12.2. The summed E-state index contributed by atoms with van der Waals surface area (Å²) >= 11 is 0. The fourth-order valence-corrected chi connectivity index (χ4v) is 3.22. The maximum absolute atomic E-state index is 4.96. The molecular weight excluding hydrogens is 224 g/mol. The average molecular weight is 248 g/mol. The minimum Gasteiger partial charge on any atom is -0.317 e. The molecule has 0 radical (unpaired) electrons. The van der Waals surface area contributed by atoms with Crippen LogP contribution in [0.3, 0.4) is 0 Å². The Bertz CT molecular complexity index is 416. The maximum Gasteiger partial charge on any atom is 0.0697 e. The van der Waals surface area contributed by atoms with Gasteiger partial charge in [0.25, 0.3) is 0 Å². The number of aromatic nitrogens is 2. The molecule has 1 aromatic rings. The molecule has 0 amide bonds. The van der Waals surface area contributed by atoms with E-state index in [1.165, 1.54) is 29.8 Å². The zero-order chi connectivity index (χ0) is 12.5. The molecule has 0 saturated carbocycles. The second kappa shape index (κ2) is 5.02. The molecule has 0 spiro atoms. The van der Waals surface area contributed by atoms with Crippen molar-refractivity contribution in [3.8, 4) is 0 Å². The molecular formula is C14H24N4. The molecule has 2 aliphatic heterocycles. The Morgan fingerprint density at radius 2 is 1.94 bits per heavy atom. The van der Waals surface area contributed by atoms with Gasteiger partial charge in [-0.3, -0.25) is 4.68 Å². The summed E-state index contributed by atoms with van der Waals surface area (Å²) in [4.78, 5) is 0. The molecule has 3 rings (SSSR count). The van der Waals surface area contributed by atoms with Crippen molar-refractivity contribution in [3.63, 3.8) is 0 Å². The van der Waals surface area contributed by atoms with Crippen LogP contribution in [0.2, 0.25) is 0 Å². The number of hydrogen-bond donors (Lipinski definition) is 2. The van der Waals surface area contributed by atoms with E-state index in [-0.39, 0.29) is 0 Å². The van der Waals surface area contributed by atoms with Crippen LogP contribution in [0.25, 0.3) is 0 Å². The van der Waals surface area contributed by atoms with E-state index >= 15 is 0 Å². The molecule has 100 valence electrons. The van der Waals surface area contributed by atoms with Crippen LogP contribution in [-0.2, 0) is 13.0 Å². The van der Waals surface area contributed by atoms with E-state index in [9.17, 15) is 0 Å². The summed E-state index contributed by atoms with van der Waals surface area (Å²) in [7, 11) is 0. The van der Waals surface area contributed by atoms with Crippen LogP contribution < -0.4 is 10.6 Å². The summed E-state index contributed by atoms with van der Waals surface area (Å²) in [5.74, 6) is 0.529. The van der Waals surface area contributed by atoms with E-state index < -0.39 is 0 Å². The highest BCUT2D eigenvalue weighted by Crippen LogP contribution is 2.29. The Balaban J connectivity index is 1.97. The smallest absolute Gasteiger partial charge is 0.0697 e. The van der Waals surface area contributed by atoms with E-state index in [4.69, 9.17) is 5.10 Å². The van der Waals surface area contributed by atoms with Gasteiger partial charge in [-0.05, 0) is 31.8 Å². The molecule has 0 bridgehead atoms. The third kappa shape index (κ3) is 2.08. The quantitative estimate of drug-likeness (QED) is 0.835. The molecule has 1 saturated heterocycles. The number of piperidine rings is 1. The van der Waals surface area contributed by atoms with E-state index in [1.807, 2.05) is 0 Å². The minimum atomic E-state index is 0.529. The summed E-state index contributed by atoms with van der Waals surface area (Å²) in [5.41, 5.74) is 4.30. The zero-order valence-electron chi connectivity index (χ0n) is 11.5. The number of hydrogen-bond acceptors (Lipinski definition) is 3. The highest BCUT2D eigenvalue weighted by molar-refractivity contribution is 5.31. The molecule has 0 aliphatic carbocycles. The molecule has 1 fully saturated rings. The highest BCUT2D eigenvalue weighted by Gasteiger charge is 2.26. The maximum atomic E-state index is 4.96. The van der Waals surface area contributed by atoms with E-state index in [2.05, 4.69) is 29.2 Å². The van der Waals surface area contributed by atoms with Crippen molar-refractivity contribution in [3.05, 3.63) is 17.0 Å². The van der Waals surface area contributed by atoms with Gasteiger partial charge in [0, 0.05) is 30.8 Å². The number of nitrogens with zero attached hydrogens (tertiary/aromatic N) is 2. The highest BCUT2D eigenvalue weighted by atomic mass is 15.3. The summed E-state index contributed by atoms with van der Waals surface area (Å²) in [6.45, 7) is 8.88. The lowest BCUT2D eigenvalue weighted by molar-refractivity contribution is 0.331. The molecule has 0 atom stereocenters. The standard InChI is InChI=1S/C14H24N4/c1-10(2)14-12-9-16-8-5-13(12)18(17-14)11-3-6-15-7-4-11/h10-11,15-16H,3-9H2,1-2H3. The van der Waals surface area contributed by atoms with Gasteiger partial charge < -0.3 is 10.6 Å². The predicted octanol–water partition coefficient (Wildman–Crippen LogP) is 1.58. The lowest BCUT2D eigenvalue weighted by Gasteiger charge is -2.26. The van der Waals surface area contributed by atoms with Crippen molar-refractivity contribution < 1.29 is 0 Å². The van der Waals surface area contributed by atoms with Crippen LogP contribution in [0.4, 0.5) is 0 Å². The molecule has 2 aliphatic rings. The van der Waals surface area contributed by atoms with Gasteiger partial charge >= 0.3 is 0 Å². The summed E-state index contributed by atoms with van der Waals surface area (Å²) in [5, 5.41) is 11.9. The van der Waals surface area contributed by atoms with E-state index in [1.54, 1.807) is 0 Å². The first-order valence-electron chi connectivity index (χ1n) is 7.29. The molecule has 4 nitrogen and oxygen atoms in total. The Hall–Kier alpha value is -0.870. The number of fused-ring (bicyclic) bond motifs is 1. The lowest BCUT2D eigenvalue weighted by Crippen LogP contribution is -2.32. The molecule has 0 unspecified atom stereocenters. The fraction of sp³-hybridized carbons (Fsp3) is 0.786.